The third-order valence-corrected chi connectivity index (χ3v) is 7.20. The Hall–Kier alpha value is -3.65. The van der Waals surface area contributed by atoms with Crippen molar-refractivity contribution in [2.24, 2.45) is 4.99 Å². The number of nitrogens with one attached hydrogen (secondary N) is 1. The van der Waals surface area contributed by atoms with Crippen molar-refractivity contribution in [2.45, 2.75) is 46.3 Å². The fraction of sp³-hybridized carbons (Fsp3) is 0.303. The highest BCUT2D eigenvalue weighted by Crippen LogP contribution is 2.37. The standard InChI is InChI=1S/C33H35Cl2N3O4/c1-21(2)41-33(40)31-22(3)37-23(4)38(32(31)25-7-5-8-27(35)19-25)18-6-17-36-20-30(39)24-9-13-28(14-10-24)42-29-15-11-26(34)12-16-29/h5,7-16,19,21,32,36H,6,17-18,20H2,1-4H3. The van der Waals surface area contributed by atoms with Crippen molar-refractivity contribution in [1.82, 2.24) is 10.2 Å². The zero-order chi connectivity index (χ0) is 30.2. The van der Waals surface area contributed by atoms with Crippen molar-refractivity contribution in [1.29, 1.82) is 0 Å². The molecule has 42 heavy (non-hydrogen) atoms. The quantitative estimate of drug-likeness (QED) is 0.129. The number of ketones is 1. The first-order chi connectivity index (χ1) is 20.1. The third-order valence-electron chi connectivity index (χ3n) is 6.71. The van der Waals surface area contributed by atoms with Crippen LogP contribution in [0.3, 0.4) is 0 Å². The summed E-state index contributed by atoms with van der Waals surface area (Å²) in [6.07, 6.45) is 0.462. The first-order valence-corrected chi connectivity index (χ1v) is 14.6. The van der Waals surface area contributed by atoms with Crippen LogP contribution in [-0.4, -0.2) is 48.2 Å². The van der Waals surface area contributed by atoms with Gasteiger partial charge in [-0.3, -0.25) is 4.79 Å². The van der Waals surface area contributed by atoms with Crippen LogP contribution in [0.1, 0.15) is 56.1 Å². The van der Waals surface area contributed by atoms with Crippen LogP contribution in [0.2, 0.25) is 10.0 Å². The monoisotopic (exact) mass is 607 g/mol. The number of aliphatic imine (C=N–C) groups is 1. The molecule has 1 heterocycles. The van der Waals surface area contributed by atoms with Gasteiger partial charge in [0.15, 0.2) is 5.78 Å². The Morgan fingerprint density at radius 2 is 1.62 bits per heavy atom. The topological polar surface area (TPSA) is 80.2 Å². The number of hydrogen-bond acceptors (Lipinski definition) is 7. The van der Waals surface area contributed by atoms with Crippen molar-refractivity contribution in [2.75, 3.05) is 19.6 Å². The summed E-state index contributed by atoms with van der Waals surface area (Å²) in [5, 5.41) is 4.47. The van der Waals surface area contributed by atoms with Gasteiger partial charge in [-0.25, -0.2) is 9.79 Å². The molecule has 1 atom stereocenters. The maximum absolute atomic E-state index is 13.2. The molecule has 0 radical (unpaired) electrons. The van der Waals surface area contributed by atoms with Gasteiger partial charge < -0.3 is 19.7 Å². The first-order valence-electron chi connectivity index (χ1n) is 13.9. The molecule has 1 unspecified atom stereocenters. The summed E-state index contributed by atoms with van der Waals surface area (Å²) in [4.78, 5) is 32.7. The summed E-state index contributed by atoms with van der Waals surface area (Å²) >= 11 is 12.3. The van der Waals surface area contributed by atoms with Gasteiger partial charge in [0.1, 0.15) is 17.3 Å². The molecule has 3 aromatic rings. The second kappa shape index (κ2) is 14.5. The molecule has 0 aromatic heterocycles. The molecule has 3 aromatic carbocycles. The number of allylic oxidation sites excluding steroid dienone is 1. The summed E-state index contributed by atoms with van der Waals surface area (Å²) < 4.78 is 11.4. The summed E-state index contributed by atoms with van der Waals surface area (Å²) in [6, 6.07) is 21.3. The fourth-order valence-electron chi connectivity index (χ4n) is 4.78. The average molecular weight is 609 g/mol. The predicted octanol–water partition coefficient (Wildman–Crippen LogP) is 7.65. The SMILES string of the molecule is CC1=NC(C)=C(C(=O)OC(C)C)C(c2cccc(Cl)c2)N1CCCNCC(=O)c1ccc(Oc2ccc(Cl)cc2)cc1. The van der Waals surface area contributed by atoms with E-state index in [2.05, 4.69) is 15.2 Å². The van der Waals surface area contributed by atoms with Gasteiger partial charge in [-0.15, -0.1) is 0 Å². The first kappa shape index (κ1) is 31.3. The molecular weight excluding hydrogens is 573 g/mol. The summed E-state index contributed by atoms with van der Waals surface area (Å²) in [7, 11) is 0. The molecule has 0 amide bonds. The lowest BCUT2D eigenvalue weighted by molar-refractivity contribution is -0.143. The molecule has 0 bridgehead atoms. The van der Waals surface area contributed by atoms with E-state index in [9.17, 15) is 9.59 Å². The van der Waals surface area contributed by atoms with Gasteiger partial charge in [-0.1, -0.05) is 35.3 Å². The average Bonchev–Trinajstić information content (AvgIpc) is 2.94. The number of nitrogens with zero attached hydrogens (tertiary/aromatic N) is 2. The summed E-state index contributed by atoms with van der Waals surface area (Å²) in [6.45, 7) is 8.83. The van der Waals surface area contributed by atoms with Crippen LogP contribution in [0.25, 0.3) is 0 Å². The molecule has 0 saturated carbocycles. The van der Waals surface area contributed by atoms with Gasteiger partial charge in [-0.2, -0.15) is 0 Å². The van der Waals surface area contributed by atoms with E-state index in [0.29, 0.717) is 51.5 Å². The van der Waals surface area contributed by atoms with E-state index in [1.165, 1.54) is 0 Å². The summed E-state index contributed by atoms with van der Waals surface area (Å²) in [5.41, 5.74) is 2.62. The minimum absolute atomic E-state index is 0.0159. The fourth-order valence-corrected chi connectivity index (χ4v) is 5.11. The maximum Gasteiger partial charge on any atom is 0.338 e. The summed E-state index contributed by atoms with van der Waals surface area (Å²) in [5.74, 6) is 1.70. The van der Waals surface area contributed by atoms with Crippen molar-refractivity contribution >= 4 is 40.8 Å². The van der Waals surface area contributed by atoms with Crippen LogP contribution in [-0.2, 0) is 9.53 Å². The molecule has 220 valence electrons. The van der Waals surface area contributed by atoms with Gasteiger partial charge in [0, 0.05) is 22.2 Å². The molecule has 1 aliphatic rings. The molecule has 1 aliphatic heterocycles. The number of rotatable bonds is 12. The Morgan fingerprint density at radius 3 is 2.26 bits per heavy atom. The second-order valence-electron chi connectivity index (χ2n) is 10.3. The van der Waals surface area contributed by atoms with Gasteiger partial charge in [0.05, 0.1) is 30.0 Å². The zero-order valence-electron chi connectivity index (χ0n) is 24.2. The number of halogens is 2. The molecule has 0 fully saturated rings. The van der Waals surface area contributed by atoms with E-state index in [1.54, 1.807) is 48.5 Å². The Morgan fingerprint density at radius 1 is 0.952 bits per heavy atom. The Balaban J connectivity index is 1.35. The van der Waals surface area contributed by atoms with Crippen molar-refractivity contribution in [3.05, 3.63) is 105 Å². The number of amidine groups is 1. The zero-order valence-corrected chi connectivity index (χ0v) is 25.7. The van der Waals surface area contributed by atoms with Crippen LogP contribution >= 0.6 is 23.2 Å². The second-order valence-corrected chi connectivity index (χ2v) is 11.2. The number of carbonyl (C=O) groups is 2. The van der Waals surface area contributed by atoms with E-state index in [-0.39, 0.29) is 30.4 Å². The Kier molecular flexibility index (Phi) is 10.8. The van der Waals surface area contributed by atoms with Crippen LogP contribution in [0, 0.1) is 0 Å². The van der Waals surface area contributed by atoms with Crippen molar-refractivity contribution in [3.8, 4) is 11.5 Å². The van der Waals surface area contributed by atoms with Crippen LogP contribution in [0.5, 0.6) is 11.5 Å². The van der Waals surface area contributed by atoms with Crippen LogP contribution < -0.4 is 10.1 Å². The van der Waals surface area contributed by atoms with E-state index < -0.39 is 0 Å². The van der Waals surface area contributed by atoms with E-state index in [1.807, 2.05) is 52.0 Å². The minimum Gasteiger partial charge on any atom is -0.459 e. The molecule has 4 rings (SSSR count). The molecule has 1 N–H and O–H groups in total. The lowest BCUT2D eigenvalue weighted by Crippen LogP contribution is -2.41. The van der Waals surface area contributed by atoms with Gasteiger partial charge >= 0.3 is 5.97 Å². The highest BCUT2D eigenvalue weighted by atomic mass is 35.5. The minimum atomic E-state index is -0.387. The molecular formula is C33H35Cl2N3O4. The lowest BCUT2D eigenvalue weighted by atomic mass is 9.93. The molecule has 7 nitrogen and oxygen atoms in total. The number of ether oxygens (including phenoxy) is 2. The predicted molar refractivity (Wildman–Crippen MR) is 168 cm³/mol. The van der Waals surface area contributed by atoms with Gasteiger partial charge in [-0.05, 0) is 107 Å². The number of Topliss-reactive ketones (excluding diaryl/α,β-unsaturated/α-hetero) is 1. The van der Waals surface area contributed by atoms with E-state index in [0.717, 1.165) is 17.8 Å². The van der Waals surface area contributed by atoms with Crippen molar-refractivity contribution in [3.63, 3.8) is 0 Å². The molecule has 0 saturated heterocycles. The van der Waals surface area contributed by atoms with Crippen LogP contribution in [0.4, 0.5) is 0 Å². The Labute approximate surface area is 257 Å². The molecule has 0 spiro atoms. The molecule has 9 heteroatoms. The normalized spacial score (nSPS) is 15.1. The highest BCUT2D eigenvalue weighted by molar-refractivity contribution is 6.30. The largest absolute Gasteiger partial charge is 0.459 e. The number of carbonyl (C=O) groups excluding carboxylic acids is 2. The maximum atomic E-state index is 13.2. The number of esters is 1. The lowest BCUT2D eigenvalue weighted by Gasteiger charge is -2.38. The molecule has 0 aliphatic carbocycles. The number of benzene rings is 3. The van der Waals surface area contributed by atoms with Gasteiger partial charge in [0.25, 0.3) is 0 Å². The smallest absolute Gasteiger partial charge is 0.338 e. The van der Waals surface area contributed by atoms with Crippen LogP contribution in [0.15, 0.2) is 89.1 Å². The van der Waals surface area contributed by atoms with E-state index >= 15 is 0 Å². The van der Waals surface area contributed by atoms with Gasteiger partial charge in [0.2, 0.25) is 0 Å². The third kappa shape index (κ3) is 8.22. The number of hydrogen-bond donors (Lipinski definition) is 1. The van der Waals surface area contributed by atoms with Crippen molar-refractivity contribution < 1.29 is 19.1 Å². The highest BCUT2D eigenvalue weighted by Gasteiger charge is 2.35. The Bertz CT molecular complexity index is 1470. The van der Waals surface area contributed by atoms with E-state index in [4.69, 9.17) is 32.7 Å².